The number of carbonyl (C=O) groups is 1. The third-order valence-corrected chi connectivity index (χ3v) is 2.13. The second-order valence-electron chi connectivity index (χ2n) is 3.78. The molecule has 19 heavy (non-hydrogen) atoms. The van der Waals surface area contributed by atoms with Crippen LogP contribution in [0.5, 0.6) is 0 Å². The lowest BCUT2D eigenvalue weighted by atomic mass is 10.2. The van der Waals surface area contributed by atoms with Crippen molar-refractivity contribution in [1.29, 1.82) is 0 Å². The SMILES string of the molecule is CCOC(CC)C(C)OC(C)=O.OCCOCCO. The molecule has 0 saturated carbocycles. The van der Waals surface area contributed by atoms with Crippen LogP contribution in [0, 0.1) is 0 Å². The first-order chi connectivity index (χ1) is 9.03. The van der Waals surface area contributed by atoms with Gasteiger partial charge in [-0.25, -0.2) is 0 Å². The molecule has 0 aromatic carbocycles. The van der Waals surface area contributed by atoms with Crippen LogP contribution in [0.1, 0.15) is 34.1 Å². The molecule has 0 aromatic rings. The molecule has 6 nitrogen and oxygen atoms in total. The van der Waals surface area contributed by atoms with Crippen molar-refractivity contribution in [3.05, 3.63) is 0 Å². The summed E-state index contributed by atoms with van der Waals surface area (Å²) in [7, 11) is 0. The third-order valence-electron chi connectivity index (χ3n) is 2.13. The van der Waals surface area contributed by atoms with E-state index in [4.69, 9.17) is 19.7 Å². The zero-order valence-electron chi connectivity index (χ0n) is 12.4. The van der Waals surface area contributed by atoms with E-state index in [1.54, 1.807) is 0 Å². The van der Waals surface area contributed by atoms with Gasteiger partial charge in [0.1, 0.15) is 6.10 Å². The lowest BCUT2D eigenvalue weighted by Gasteiger charge is -2.21. The molecule has 0 aromatic heterocycles. The van der Waals surface area contributed by atoms with Gasteiger partial charge in [-0.15, -0.1) is 0 Å². The summed E-state index contributed by atoms with van der Waals surface area (Å²) in [4.78, 5) is 10.6. The normalized spacial score (nSPS) is 13.2. The molecule has 0 aliphatic carbocycles. The van der Waals surface area contributed by atoms with E-state index >= 15 is 0 Å². The molecule has 0 bridgehead atoms. The van der Waals surface area contributed by atoms with Crippen molar-refractivity contribution in [1.82, 2.24) is 0 Å². The Morgan fingerprint density at radius 1 is 1.16 bits per heavy atom. The van der Waals surface area contributed by atoms with Crippen molar-refractivity contribution in [3.63, 3.8) is 0 Å². The summed E-state index contributed by atoms with van der Waals surface area (Å²) in [6.45, 7) is 8.56. The highest BCUT2D eigenvalue weighted by atomic mass is 16.6. The van der Waals surface area contributed by atoms with Gasteiger partial charge in [-0.05, 0) is 20.3 Å². The fourth-order valence-electron chi connectivity index (χ4n) is 1.37. The fraction of sp³-hybridized carbons (Fsp3) is 0.923. The lowest BCUT2D eigenvalue weighted by molar-refractivity contribution is -0.153. The molecule has 0 fully saturated rings. The van der Waals surface area contributed by atoms with Gasteiger partial charge >= 0.3 is 5.97 Å². The minimum Gasteiger partial charge on any atom is -0.460 e. The Labute approximate surface area is 115 Å². The summed E-state index contributed by atoms with van der Waals surface area (Å²) in [5.41, 5.74) is 0. The Balaban J connectivity index is 0. The summed E-state index contributed by atoms with van der Waals surface area (Å²) in [6.07, 6.45) is 0.744. The Bertz CT molecular complexity index is 194. The number of ether oxygens (including phenoxy) is 3. The minimum atomic E-state index is -0.249. The molecule has 0 aliphatic heterocycles. The Morgan fingerprint density at radius 2 is 1.68 bits per heavy atom. The zero-order chi connectivity index (χ0) is 15.1. The minimum absolute atomic E-state index is 0.0268. The van der Waals surface area contributed by atoms with Gasteiger partial charge in [0.25, 0.3) is 0 Å². The van der Waals surface area contributed by atoms with Crippen molar-refractivity contribution < 1.29 is 29.2 Å². The second kappa shape index (κ2) is 15.4. The topological polar surface area (TPSA) is 85.2 Å². The maximum absolute atomic E-state index is 10.6. The average Bonchev–Trinajstić information content (AvgIpc) is 2.36. The van der Waals surface area contributed by atoms with Gasteiger partial charge in [0.15, 0.2) is 0 Å². The van der Waals surface area contributed by atoms with Crippen LogP contribution in [-0.2, 0) is 19.0 Å². The molecular formula is C13H28O6. The summed E-state index contributed by atoms with van der Waals surface area (Å²) in [5, 5.41) is 16.2. The monoisotopic (exact) mass is 280 g/mol. The van der Waals surface area contributed by atoms with Crippen LogP contribution >= 0.6 is 0 Å². The third kappa shape index (κ3) is 15.3. The number of hydrogen-bond acceptors (Lipinski definition) is 6. The Morgan fingerprint density at radius 3 is 2.00 bits per heavy atom. The molecule has 0 spiro atoms. The average molecular weight is 280 g/mol. The molecule has 0 amide bonds. The van der Waals surface area contributed by atoms with Gasteiger partial charge in [0.05, 0.1) is 32.5 Å². The maximum Gasteiger partial charge on any atom is 0.302 e. The van der Waals surface area contributed by atoms with Crippen LogP contribution in [-0.4, -0.2) is 61.4 Å². The highest BCUT2D eigenvalue weighted by molar-refractivity contribution is 5.66. The molecule has 0 saturated heterocycles. The van der Waals surface area contributed by atoms with E-state index in [0.717, 1.165) is 6.42 Å². The molecule has 6 heteroatoms. The zero-order valence-corrected chi connectivity index (χ0v) is 12.4. The van der Waals surface area contributed by atoms with E-state index in [2.05, 4.69) is 4.74 Å². The van der Waals surface area contributed by atoms with E-state index in [0.29, 0.717) is 19.8 Å². The number of aliphatic hydroxyl groups excluding tert-OH is 2. The number of rotatable bonds is 9. The largest absolute Gasteiger partial charge is 0.460 e. The predicted octanol–water partition coefficient (Wildman–Crippen LogP) is 0.741. The van der Waals surface area contributed by atoms with Crippen molar-refractivity contribution >= 4 is 5.97 Å². The van der Waals surface area contributed by atoms with E-state index in [-0.39, 0.29) is 31.4 Å². The van der Waals surface area contributed by atoms with Crippen LogP contribution in [0.4, 0.5) is 0 Å². The van der Waals surface area contributed by atoms with Gasteiger partial charge in [0.2, 0.25) is 0 Å². The molecule has 116 valence electrons. The van der Waals surface area contributed by atoms with E-state index < -0.39 is 0 Å². The summed E-state index contributed by atoms with van der Waals surface area (Å²) >= 11 is 0. The van der Waals surface area contributed by atoms with Crippen molar-refractivity contribution in [2.45, 2.75) is 46.3 Å². The van der Waals surface area contributed by atoms with Crippen molar-refractivity contribution in [2.75, 3.05) is 33.0 Å². The first kappa shape index (κ1) is 20.6. The predicted molar refractivity (Wildman–Crippen MR) is 71.9 cm³/mol. The molecular weight excluding hydrogens is 252 g/mol. The van der Waals surface area contributed by atoms with E-state index in [1.807, 2.05) is 20.8 Å². The van der Waals surface area contributed by atoms with Crippen LogP contribution in [0.2, 0.25) is 0 Å². The van der Waals surface area contributed by atoms with E-state index in [1.165, 1.54) is 6.92 Å². The maximum atomic E-state index is 10.6. The lowest BCUT2D eigenvalue weighted by Crippen LogP contribution is -2.29. The fourth-order valence-corrected chi connectivity index (χ4v) is 1.37. The first-order valence-electron chi connectivity index (χ1n) is 6.61. The molecule has 2 N–H and O–H groups in total. The standard InChI is InChI=1S/C9H18O3.C4H10O3/c1-5-9(11-6-2)7(3)12-8(4)10;5-1-3-7-4-2-6/h7,9H,5-6H2,1-4H3;5-6H,1-4H2. The van der Waals surface area contributed by atoms with Crippen LogP contribution in [0.3, 0.4) is 0 Å². The highest BCUT2D eigenvalue weighted by Crippen LogP contribution is 2.07. The van der Waals surface area contributed by atoms with Crippen LogP contribution < -0.4 is 0 Å². The van der Waals surface area contributed by atoms with Gasteiger partial charge in [-0.2, -0.15) is 0 Å². The van der Waals surface area contributed by atoms with Gasteiger partial charge in [0, 0.05) is 13.5 Å². The number of aliphatic hydroxyl groups is 2. The highest BCUT2D eigenvalue weighted by Gasteiger charge is 2.17. The van der Waals surface area contributed by atoms with Crippen molar-refractivity contribution in [2.24, 2.45) is 0 Å². The Hall–Kier alpha value is -0.690. The number of carbonyl (C=O) groups excluding carboxylic acids is 1. The quantitative estimate of drug-likeness (QED) is 0.478. The molecule has 0 rings (SSSR count). The number of esters is 1. The smallest absolute Gasteiger partial charge is 0.302 e. The van der Waals surface area contributed by atoms with Crippen LogP contribution in [0.15, 0.2) is 0 Å². The Kier molecular flexibility index (Phi) is 16.7. The molecule has 0 radical (unpaired) electrons. The van der Waals surface area contributed by atoms with Gasteiger partial charge < -0.3 is 24.4 Å². The number of hydrogen-bond donors (Lipinski definition) is 2. The molecule has 2 unspecified atom stereocenters. The molecule has 0 aliphatic rings. The summed E-state index contributed by atoms with van der Waals surface area (Å²) in [5.74, 6) is -0.249. The van der Waals surface area contributed by atoms with Crippen LogP contribution in [0.25, 0.3) is 0 Å². The second-order valence-corrected chi connectivity index (χ2v) is 3.78. The van der Waals surface area contributed by atoms with Crippen molar-refractivity contribution in [3.8, 4) is 0 Å². The first-order valence-corrected chi connectivity index (χ1v) is 6.61. The van der Waals surface area contributed by atoms with Gasteiger partial charge in [-0.1, -0.05) is 6.92 Å². The molecule has 2 atom stereocenters. The van der Waals surface area contributed by atoms with E-state index in [9.17, 15) is 4.79 Å². The molecule has 0 heterocycles. The summed E-state index contributed by atoms with van der Waals surface area (Å²) < 4.78 is 15.0. The van der Waals surface area contributed by atoms with Gasteiger partial charge in [-0.3, -0.25) is 4.79 Å². The summed E-state index contributed by atoms with van der Waals surface area (Å²) in [6, 6.07) is 0.